The first kappa shape index (κ1) is 26.3. The second-order valence-corrected chi connectivity index (χ2v) is 10.2. The predicted molar refractivity (Wildman–Crippen MR) is 135 cm³/mol. The zero-order valence-corrected chi connectivity index (χ0v) is 21.1. The lowest BCUT2D eigenvalue weighted by molar-refractivity contribution is -0.136. The summed E-state index contributed by atoms with van der Waals surface area (Å²) in [5.74, 6) is -1.18. The summed E-state index contributed by atoms with van der Waals surface area (Å²) in [4.78, 5) is 47.0. The zero-order chi connectivity index (χ0) is 26.9. The topological polar surface area (TPSA) is 74.1 Å². The predicted octanol–water partition coefficient (Wildman–Crippen LogP) is 4.35. The van der Waals surface area contributed by atoms with Crippen LogP contribution >= 0.6 is 0 Å². The van der Waals surface area contributed by atoms with Crippen molar-refractivity contribution in [3.05, 3.63) is 76.6 Å². The van der Waals surface area contributed by atoms with Gasteiger partial charge in [-0.15, -0.1) is 0 Å². The molecule has 2 aromatic rings. The molecule has 2 aromatic carbocycles. The number of likely N-dealkylation sites (N-methyl/N-ethyl adjacent to an activating group) is 1. The van der Waals surface area contributed by atoms with E-state index < -0.39 is 42.3 Å². The molecule has 37 heavy (non-hydrogen) atoms. The maximum Gasteiger partial charge on any atom is 0.302 e. The molecule has 0 bridgehead atoms. The molecule has 2 aliphatic rings. The number of nitrogens with zero attached hydrogens (tertiary/aromatic N) is 3. The summed E-state index contributed by atoms with van der Waals surface area (Å²) in [7, 11) is 1.49. The molecule has 2 aliphatic heterocycles. The summed E-state index contributed by atoms with van der Waals surface area (Å²) in [5, 5.41) is 2.87. The molecule has 4 rings (SSSR count). The number of hydrogen-bond donors (Lipinski definition) is 1. The van der Waals surface area contributed by atoms with Crippen molar-refractivity contribution in [2.75, 3.05) is 18.9 Å². The van der Waals surface area contributed by atoms with Crippen molar-refractivity contribution >= 4 is 23.4 Å². The average molecular weight is 509 g/mol. The van der Waals surface area contributed by atoms with Crippen molar-refractivity contribution in [2.24, 2.45) is 5.92 Å². The van der Waals surface area contributed by atoms with Gasteiger partial charge in [0.15, 0.2) is 0 Å². The highest BCUT2D eigenvalue weighted by Crippen LogP contribution is 2.47. The molecule has 194 valence electrons. The molecule has 9 heteroatoms. The Labute approximate surface area is 215 Å². The molecule has 1 N–H and O–H groups in total. The molecule has 0 aliphatic carbocycles. The largest absolute Gasteiger partial charge is 0.330 e. The fourth-order valence-electron chi connectivity index (χ4n) is 5.42. The number of fused-ring (bicyclic) bond motifs is 2. The van der Waals surface area contributed by atoms with Crippen LogP contribution in [0.5, 0.6) is 0 Å². The van der Waals surface area contributed by atoms with Gasteiger partial charge in [-0.3, -0.25) is 24.1 Å². The van der Waals surface area contributed by atoms with Gasteiger partial charge in [-0.25, -0.2) is 15.4 Å². The monoisotopic (exact) mass is 508 g/mol. The minimum atomic E-state index is -2.62. The van der Waals surface area contributed by atoms with Gasteiger partial charge in [-0.05, 0) is 35.6 Å². The SMILES string of the molecule is [C-]#[N+][C@@H]1C[C@@]2(CN1C(=O)[C@H](CC(C)C)N(C)C(=O)c1ccccc1CC(F)F)C(=O)Nc1ccccc12. The van der Waals surface area contributed by atoms with Crippen molar-refractivity contribution < 1.29 is 23.2 Å². The minimum Gasteiger partial charge on any atom is -0.330 e. The normalized spacial score (nSPS) is 21.2. The van der Waals surface area contributed by atoms with Crippen LogP contribution in [0.15, 0.2) is 48.5 Å². The summed E-state index contributed by atoms with van der Waals surface area (Å²) < 4.78 is 26.3. The molecule has 0 saturated carbocycles. The molecule has 0 radical (unpaired) electrons. The second kappa shape index (κ2) is 10.3. The number of alkyl halides is 2. The van der Waals surface area contributed by atoms with E-state index in [-0.39, 0.29) is 35.9 Å². The van der Waals surface area contributed by atoms with Crippen LogP contribution in [-0.2, 0) is 21.4 Å². The third-order valence-corrected chi connectivity index (χ3v) is 7.28. The van der Waals surface area contributed by atoms with E-state index in [2.05, 4.69) is 10.2 Å². The molecular weight excluding hydrogens is 478 g/mol. The lowest BCUT2D eigenvalue weighted by atomic mass is 9.80. The Morgan fingerprint density at radius 1 is 1.19 bits per heavy atom. The summed E-state index contributed by atoms with van der Waals surface area (Å²) in [6.45, 7) is 11.6. The third kappa shape index (κ3) is 4.80. The smallest absolute Gasteiger partial charge is 0.302 e. The van der Waals surface area contributed by atoms with Crippen LogP contribution in [0.1, 0.15) is 48.2 Å². The summed E-state index contributed by atoms with van der Waals surface area (Å²) in [6, 6.07) is 12.5. The third-order valence-electron chi connectivity index (χ3n) is 7.28. The molecule has 1 fully saturated rings. The van der Waals surface area contributed by atoms with Gasteiger partial charge < -0.3 is 10.2 Å². The van der Waals surface area contributed by atoms with E-state index in [4.69, 9.17) is 6.57 Å². The number of carbonyl (C=O) groups excluding carboxylic acids is 3. The second-order valence-electron chi connectivity index (χ2n) is 10.2. The van der Waals surface area contributed by atoms with Gasteiger partial charge >= 0.3 is 6.17 Å². The lowest BCUT2D eigenvalue weighted by Gasteiger charge is -2.32. The van der Waals surface area contributed by atoms with Gasteiger partial charge in [-0.2, -0.15) is 0 Å². The highest BCUT2D eigenvalue weighted by Gasteiger charge is 2.59. The zero-order valence-electron chi connectivity index (χ0n) is 21.1. The number of hydrogen-bond acceptors (Lipinski definition) is 3. The van der Waals surface area contributed by atoms with E-state index in [0.717, 1.165) is 5.56 Å². The molecule has 3 amide bonds. The van der Waals surface area contributed by atoms with Gasteiger partial charge in [0.2, 0.25) is 12.3 Å². The first-order valence-electron chi connectivity index (χ1n) is 12.3. The number of halogens is 2. The van der Waals surface area contributed by atoms with E-state index in [1.165, 1.54) is 29.0 Å². The van der Waals surface area contributed by atoms with Crippen LogP contribution in [0, 0.1) is 12.5 Å². The number of anilines is 1. The van der Waals surface area contributed by atoms with Gasteiger partial charge in [0.1, 0.15) is 11.5 Å². The van der Waals surface area contributed by atoms with Crippen molar-refractivity contribution in [3.63, 3.8) is 0 Å². The Kier molecular flexibility index (Phi) is 7.30. The fraction of sp³-hybridized carbons (Fsp3) is 0.429. The Morgan fingerprint density at radius 3 is 2.54 bits per heavy atom. The quantitative estimate of drug-likeness (QED) is 0.566. The molecule has 0 unspecified atom stereocenters. The Bertz CT molecular complexity index is 1260. The molecule has 1 saturated heterocycles. The number of likely N-dealkylation sites (tertiary alicyclic amines) is 1. The lowest BCUT2D eigenvalue weighted by Crippen LogP contribution is -2.51. The Hall–Kier alpha value is -3.80. The van der Waals surface area contributed by atoms with E-state index >= 15 is 0 Å². The Balaban J connectivity index is 1.66. The minimum absolute atomic E-state index is 0.0268. The van der Waals surface area contributed by atoms with Crippen LogP contribution < -0.4 is 5.32 Å². The van der Waals surface area contributed by atoms with Crippen LogP contribution in [0.2, 0.25) is 0 Å². The van der Waals surface area contributed by atoms with Crippen LogP contribution in [0.4, 0.5) is 14.5 Å². The molecule has 0 aromatic heterocycles. The van der Waals surface area contributed by atoms with E-state index in [1.54, 1.807) is 18.2 Å². The summed E-state index contributed by atoms with van der Waals surface area (Å²) in [6.07, 6.45) is -3.58. The standard InChI is InChI=1S/C28H30F2N4O3/c1-17(2)13-22(33(4)25(35)19-10-6-5-9-18(19)14-23(29)30)26(36)34-16-28(15-24(34)31-3)20-11-7-8-12-21(20)32-27(28)37/h5-12,17,22-24H,13-16H2,1-2,4H3,(H,32,37)/t22-,24-,28-/m0/s1. The van der Waals surface area contributed by atoms with Gasteiger partial charge in [0.05, 0.1) is 6.42 Å². The maximum atomic E-state index is 14.0. The highest BCUT2D eigenvalue weighted by molar-refractivity contribution is 6.07. The van der Waals surface area contributed by atoms with Gasteiger partial charge in [0, 0.05) is 31.3 Å². The molecule has 7 nitrogen and oxygen atoms in total. The fourth-order valence-corrected chi connectivity index (χ4v) is 5.42. The number of amides is 3. The van der Waals surface area contributed by atoms with E-state index in [9.17, 15) is 23.2 Å². The van der Waals surface area contributed by atoms with Crippen molar-refractivity contribution in [2.45, 2.75) is 57.2 Å². The number of nitrogens with one attached hydrogen (secondary N) is 1. The van der Waals surface area contributed by atoms with Crippen LogP contribution in [0.25, 0.3) is 4.85 Å². The van der Waals surface area contributed by atoms with Crippen molar-refractivity contribution in [1.82, 2.24) is 9.80 Å². The summed E-state index contributed by atoms with van der Waals surface area (Å²) >= 11 is 0. The van der Waals surface area contributed by atoms with Crippen LogP contribution in [0.3, 0.4) is 0 Å². The summed E-state index contributed by atoms with van der Waals surface area (Å²) in [5.41, 5.74) is 0.733. The molecular formula is C28H30F2N4O3. The first-order chi connectivity index (χ1) is 17.6. The molecule has 1 spiro atoms. The molecule has 2 heterocycles. The van der Waals surface area contributed by atoms with Gasteiger partial charge in [0.25, 0.3) is 11.8 Å². The van der Waals surface area contributed by atoms with E-state index in [0.29, 0.717) is 12.1 Å². The first-order valence-corrected chi connectivity index (χ1v) is 12.3. The van der Waals surface area contributed by atoms with E-state index in [1.807, 2.05) is 32.0 Å². The average Bonchev–Trinajstić information content (AvgIpc) is 3.39. The number of rotatable bonds is 7. The highest BCUT2D eigenvalue weighted by atomic mass is 19.3. The van der Waals surface area contributed by atoms with Crippen LogP contribution in [-0.4, -0.2) is 59.7 Å². The number of para-hydroxylation sites is 1. The maximum absolute atomic E-state index is 14.0. The van der Waals surface area contributed by atoms with Gasteiger partial charge in [-0.1, -0.05) is 50.2 Å². The number of benzene rings is 2. The Morgan fingerprint density at radius 2 is 1.86 bits per heavy atom. The van der Waals surface area contributed by atoms with Crippen molar-refractivity contribution in [1.29, 1.82) is 0 Å². The molecule has 3 atom stereocenters. The van der Waals surface area contributed by atoms with Crippen molar-refractivity contribution in [3.8, 4) is 0 Å². The number of carbonyl (C=O) groups is 3.